The van der Waals surface area contributed by atoms with Crippen molar-refractivity contribution in [3.05, 3.63) is 29.8 Å². The van der Waals surface area contributed by atoms with Crippen LogP contribution in [0.2, 0.25) is 0 Å². The predicted octanol–water partition coefficient (Wildman–Crippen LogP) is 1.94. The van der Waals surface area contributed by atoms with E-state index in [1.165, 1.54) is 0 Å². The van der Waals surface area contributed by atoms with Gasteiger partial charge in [0.15, 0.2) is 6.61 Å². The molecule has 0 aliphatic rings. The normalized spacial score (nSPS) is 11.9. The number of nitrogens with one attached hydrogen (secondary N) is 1. The van der Waals surface area contributed by atoms with Crippen molar-refractivity contribution in [3.8, 4) is 5.75 Å². The summed E-state index contributed by atoms with van der Waals surface area (Å²) in [6.07, 6.45) is 0.136. The largest absolute Gasteiger partial charge is 0.497 e. The van der Waals surface area contributed by atoms with Crippen molar-refractivity contribution in [1.29, 1.82) is 0 Å². The van der Waals surface area contributed by atoms with E-state index in [4.69, 9.17) is 9.47 Å². The summed E-state index contributed by atoms with van der Waals surface area (Å²) >= 11 is 0. The van der Waals surface area contributed by atoms with E-state index in [0.717, 1.165) is 11.3 Å². The third-order valence-corrected chi connectivity index (χ3v) is 3.26. The van der Waals surface area contributed by atoms with Crippen LogP contribution in [0.5, 0.6) is 5.75 Å². The second kappa shape index (κ2) is 8.29. The molecule has 0 aliphatic carbocycles. The van der Waals surface area contributed by atoms with Crippen LogP contribution < -0.4 is 10.1 Å². The van der Waals surface area contributed by atoms with Crippen LogP contribution >= 0.6 is 0 Å². The van der Waals surface area contributed by atoms with Crippen LogP contribution in [0.3, 0.4) is 0 Å². The number of rotatable bonds is 7. The molecule has 21 heavy (non-hydrogen) atoms. The number of carbonyl (C=O) groups is 2. The van der Waals surface area contributed by atoms with Crippen molar-refractivity contribution in [1.82, 2.24) is 5.32 Å². The number of hydrogen-bond donors (Lipinski definition) is 1. The number of benzene rings is 1. The third kappa shape index (κ3) is 6.29. The van der Waals surface area contributed by atoms with Gasteiger partial charge in [-0.3, -0.25) is 9.59 Å². The minimum atomic E-state index is -0.424. The summed E-state index contributed by atoms with van der Waals surface area (Å²) in [5.41, 5.74) is 0.816. The van der Waals surface area contributed by atoms with Gasteiger partial charge in [0, 0.05) is 6.04 Å². The Morgan fingerprint density at radius 3 is 2.29 bits per heavy atom. The molecular weight excluding hydrogens is 270 g/mol. The Morgan fingerprint density at radius 2 is 1.76 bits per heavy atom. The lowest BCUT2D eigenvalue weighted by Gasteiger charge is -2.17. The van der Waals surface area contributed by atoms with Crippen LogP contribution in [-0.2, 0) is 20.7 Å². The minimum Gasteiger partial charge on any atom is -0.497 e. The molecule has 1 N–H and O–H groups in total. The highest BCUT2D eigenvalue weighted by Gasteiger charge is 2.13. The van der Waals surface area contributed by atoms with E-state index in [9.17, 15) is 9.59 Å². The summed E-state index contributed by atoms with van der Waals surface area (Å²) in [6, 6.07) is 7.19. The fourth-order valence-corrected chi connectivity index (χ4v) is 1.57. The molecule has 0 spiro atoms. The monoisotopic (exact) mass is 293 g/mol. The first-order chi connectivity index (χ1) is 9.92. The Morgan fingerprint density at radius 1 is 1.14 bits per heavy atom. The van der Waals surface area contributed by atoms with Gasteiger partial charge in [0.1, 0.15) is 5.75 Å². The maximum atomic E-state index is 11.7. The first kappa shape index (κ1) is 17.0. The van der Waals surface area contributed by atoms with E-state index in [1.807, 2.05) is 20.8 Å². The zero-order valence-electron chi connectivity index (χ0n) is 13.0. The van der Waals surface area contributed by atoms with Crippen LogP contribution in [0.15, 0.2) is 24.3 Å². The van der Waals surface area contributed by atoms with Crippen LogP contribution in [-0.4, -0.2) is 31.6 Å². The fraction of sp³-hybridized carbons (Fsp3) is 0.500. The Labute approximate surface area is 125 Å². The second-order valence-corrected chi connectivity index (χ2v) is 5.29. The highest BCUT2D eigenvalue weighted by atomic mass is 16.5. The SMILES string of the molecule is COc1ccc(CC(=O)OCC(=O)N[C@@H](C)C(C)C)cc1. The second-order valence-electron chi connectivity index (χ2n) is 5.29. The molecule has 1 amide bonds. The van der Waals surface area contributed by atoms with Crippen molar-refractivity contribution in [2.24, 2.45) is 5.92 Å². The van der Waals surface area contributed by atoms with Crippen molar-refractivity contribution in [3.63, 3.8) is 0 Å². The topological polar surface area (TPSA) is 64.6 Å². The molecule has 5 heteroatoms. The Bertz CT molecular complexity index is 468. The van der Waals surface area contributed by atoms with E-state index in [0.29, 0.717) is 5.92 Å². The van der Waals surface area contributed by atoms with Gasteiger partial charge in [0.05, 0.1) is 13.5 Å². The predicted molar refractivity (Wildman–Crippen MR) is 80.1 cm³/mol. The first-order valence-corrected chi connectivity index (χ1v) is 7.00. The Hall–Kier alpha value is -2.04. The van der Waals surface area contributed by atoms with Crippen molar-refractivity contribution < 1.29 is 19.1 Å². The first-order valence-electron chi connectivity index (χ1n) is 7.00. The van der Waals surface area contributed by atoms with Gasteiger partial charge in [-0.05, 0) is 30.5 Å². The van der Waals surface area contributed by atoms with Gasteiger partial charge in [0.25, 0.3) is 5.91 Å². The molecule has 0 saturated heterocycles. The Balaban J connectivity index is 2.34. The van der Waals surface area contributed by atoms with Crippen molar-refractivity contribution in [2.75, 3.05) is 13.7 Å². The average molecular weight is 293 g/mol. The zero-order chi connectivity index (χ0) is 15.8. The molecule has 0 fully saturated rings. The Kier molecular flexibility index (Phi) is 6.72. The summed E-state index contributed by atoms with van der Waals surface area (Å²) in [7, 11) is 1.58. The van der Waals surface area contributed by atoms with Crippen molar-refractivity contribution >= 4 is 11.9 Å². The zero-order valence-corrected chi connectivity index (χ0v) is 13.0. The van der Waals surface area contributed by atoms with E-state index in [2.05, 4.69) is 5.32 Å². The lowest BCUT2D eigenvalue weighted by atomic mass is 10.1. The van der Waals surface area contributed by atoms with Gasteiger partial charge in [-0.15, -0.1) is 0 Å². The maximum absolute atomic E-state index is 11.7. The van der Waals surface area contributed by atoms with E-state index < -0.39 is 5.97 Å². The van der Waals surface area contributed by atoms with Gasteiger partial charge >= 0.3 is 5.97 Å². The molecular formula is C16H23NO4. The van der Waals surface area contributed by atoms with Crippen LogP contribution in [0.25, 0.3) is 0 Å². The molecule has 0 heterocycles. The molecule has 5 nitrogen and oxygen atoms in total. The number of ether oxygens (including phenoxy) is 2. The third-order valence-electron chi connectivity index (χ3n) is 3.26. The van der Waals surface area contributed by atoms with E-state index in [-0.39, 0.29) is 25.0 Å². The van der Waals surface area contributed by atoms with E-state index >= 15 is 0 Å². The van der Waals surface area contributed by atoms with Crippen molar-refractivity contribution in [2.45, 2.75) is 33.2 Å². The fourth-order valence-electron chi connectivity index (χ4n) is 1.57. The summed E-state index contributed by atoms with van der Waals surface area (Å²) in [4.78, 5) is 23.3. The number of carbonyl (C=O) groups excluding carboxylic acids is 2. The standard InChI is InChI=1S/C16H23NO4/c1-11(2)12(3)17-15(18)10-21-16(19)9-13-5-7-14(20-4)8-6-13/h5-8,11-12H,9-10H2,1-4H3,(H,17,18)/t12-/m0/s1. The molecule has 116 valence electrons. The molecule has 0 aliphatic heterocycles. The minimum absolute atomic E-state index is 0.0535. The van der Waals surface area contributed by atoms with Crippen LogP contribution in [0, 0.1) is 5.92 Å². The molecule has 0 aromatic heterocycles. The maximum Gasteiger partial charge on any atom is 0.310 e. The highest BCUT2D eigenvalue weighted by Crippen LogP contribution is 2.11. The summed E-state index contributed by atoms with van der Waals surface area (Å²) in [5, 5.41) is 2.78. The molecule has 0 saturated carbocycles. The summed E-state index contributed by atoms with van der Waals surface area (Å²) in [6.45, 7) is 5.70. The molecule has 0 radical (unpaired) electrons. The van der Waals surface area contributed by atoms with Gasteiger partial charge in [-0.25, -0.2) is 0 Å². The number of hydrogen-bond acceptors (Lipinski definition) is 4. The highest BCUT2D eigenvalue weighted by molar-refractivity contribution is 5.81. The quantitative estimate of drug-likeness (QED) is 0.780. The average Bonchev–Trinajstić information content (AvgIpc) is 2.45. The number of esters is 1. The molecule has 1 atom stereocenters. The summed E-state index contributed by atoms with van der Waals surface area (Å²) < 4.78 is 10.0. The molecule has 1 aromatic carbocycles. The lowest BCUT2D eigenvalue weighted by Crippen LogP contribution is -2.38. The number of methoxy groups -OCH3 is 1. The molecule has 1 rings (SSSR count). The lowest BCUT2D eigenvalue weighted by molar-refractivity contribution is -0.148. The van der Waals surface area contributed by atoms with Gasteiger partial charge in [0.2, 0.25) is 0 Å². The van der Waals surface area contributed by atoms with Crippen LogP contribution in [0.4, 0.5) is 0 Å². The van der Waals surface area contributed by atoms with E-state index in [1.54, 1.807) is 31.4 Å². The van der Waals surface area contributed by atoms with Gasteiger partial charge in [-0.1, -0.05) is 26.0 Å². The number of amides is 1. The van der Waals surface area contributed by atoms with Gasteiger partial charge in [-0.2, -0.15) is 0 Å². The van der Waals surface area contributed by atoms with Gasteiger partial charge < -0.3 is 14.8 Å². The van der Waals surface area contributed by atoms with Crippen LogP contribution in [0.1, 0.15) is 26.3 Å². The molecule has 0 bridgehead atoms. The summed E-state index contributed by atoms with van der Waals surface area (Å²) in [5.74, 6) is 0.366. The molecule has 1 aromatic rings. The smallest absolute Gasteiger partial charge is 0.310 e. The molecule has 0 unspecified atom stereocenters.